The van der Waals surface area contributed by atoms with Gasteiger partial charge < -0.3 is 10.1 Å². The summed E-state index contributed by atoms with van der Waals surface area (Å²) in [6, 6.07) is 2.72. The van der Waals surface area contributed by atoms with Gasteiger partial charge in [0.2, 0.25) is 5.91 Å². The maximum Gasteiger partial charge on any atom is 0.416 e. The fourth-order valence-corrected chi connectivity index (χ4v) is 2.54. The Hall–Kier alpha value is -2.39. The van der Waals surface area contributed by atoms with Gasteiger partial charge in [-0.05, 0) is 36.9 Å². The summed E-state index contributed by atoms with van der Waals surface area (Å²) in [6.45, 7) is 4.34. The van der Waals surface area contributed by atoms with Gasteiger partial charge in [0.15, 0.2) is 5.84 Å². The van der Waals surface area contributed by atoms with Crippen molar-refractivity contribution in [2.24, 2.45) is 10.1 Å². The molecular weight excluding hydrogens is 385 g/mol. The molecule has 2 rings (SSSR count). The van der Waals surface area contributed by atoms with Crippen LogP contribution in [-0.2, 0) is 15.7 Å². The van der Waals surface area contributed by atoms with Gasteiger partial charge in [-0.15, -0.1) is 0 Å². The lowest BCUT2D eigenvalue weighted by Crippen LogP contribution is -2.28. The molecule has 1 heterocycles. The van der Waals surface area contributed by atoms with Crippen molar-refractivity contribution in [2.45, 2.75) is 12.6 Å². The van der Waals surface area contributed by atoms with E-state index in [0.29, 0.717) is 25.5 Å². The topological polar surface area (TPSA) is 66.3 Å². The minimum Gasteiger partial charge on any atom is -0.377 e. The second kappa shape index (κ2) is 9.01. The van der Waals surface area contributed by atoms with Crippen molar-refractivity contribution in [2.75, 3.05) is 32.1 Å². The number of alkyl halides is 3. The van der Waals surface area contributed by atoms with Gasteiger partial charge in [0.25, 0.3) is 0 Å². The number of nitrogens with one attached hydrogen (secondary N) is 1. The zero-order chi connectivity index (χ0) is 20.0. The van der Waals surface area contributed by atoms with Crippen LogP contribution in [0.2, 0.25) is 5.02 Å². The Morgan fingerprint density at radius 2 is 2.19 bits per heavy atom. The van der Waals surface area contributed by atoms with E-state index in [9.17, 15) is 18.0 Å². The number of hydrazone groups is 1. The second-order valence-corrected chi connectivity index (χ2v) is 6.10. The van der Waals surface area contributed by atoms with Crippen LogP contribution >= 0.6 is 11.6 Å². The molecule has 0 unspecified atom stereocenters. The number of likely N-dealkylation sites (N-methyl/N-ethyl adjacent to an activating group) is 1. The first-order valence-corrected chi connectivity index (χ1v) is 8.28. The average Bonchev–Trinajstić information content (AvgIpc) is 2.61. The van der Waals surface area contributed by atoms with Crippen molar-refractivity contribution in [3.8, 4) is 0 Å². The minimum absolute atomic E-state index is 0.0845. The smallest absolute Gasteiger partial charge is 0.377 e. The minimum atomic E-state index is -4.51. The summed E-state index contributed by atoms with van der Waals surface area (Å²) in [6.07, 6.45) is -2.03. The highest BCUT2D eigenvalue weighted by Crippen LogP contribution is 2.33. The van der Waals surface area contributed by atoms with Crippen LogP contribution in [0.3, 0.4) is 0 Å². The third kappa shape index (κ3) is 6.07. The third-order valence-electron chi connectivity index (χ3n) is 3.61. The monoisotopic (exact) mass is 402 g/mol. The van der Waals surface area contributed by atoms with E-state index in [1.54, 1.807) is 7.05 Å². The Morgan fingerprint density at radius 3 is 2.74 bits per heavy atom. The number of aliphatic imine (C=N–C) groups is 1. The number of ether oxygens (including phenoxy) is 1. The second-order valence-electron chi connectivity index (χ2n) is 5.69. The van der Waals surface area contributed by atoms with E-state index in [0.717, 1.165) is 23.8 Å². The number of rotatable bonds is 5. The summed E-state index contributed by atoms with van der Waals surface area (Å²) in [5.74, 6) is -0.103. The molecule has 1 aliphatic rings. The molecule has 0 saturated carbocycles. The summed E-state index contributed by atoms with van der Waals surface area (Å²) < 4.78 is 43.2. The van der Waals surface area contributed by atoms with Gasteiger partial charge in [0.1, 0.15) is 6.54 Å². The zero-order valence-electron chi connectivity index (χ0n) is 14.5. The number of carbonyl (C=O) groups excluding carboxylic acids is 1. The quantitative estimate of drug-likeness (QED) is 0.465. The van der Waals surface area contributed by atoms with Gasteiger partial charge in [0, 0.05) is 7.05 Å². The van der Waals surface area contributed by atoms with Gasteiger partial charge in [-0.2, -0.15) is 18.3 Å². The Kier molecular flexibility index (Phi) is 6.98. The lowest BCUT2D eigenvalue weighted by Gasteiger charge is -2.17. The Labute approximate surface area is 159 Å². The van der Waals surface area contributed by atoms with Crippen molar-refractivity contribution in [3.63, 3.8) is 0 Å². The summed E-state index contributed by atoms with van der Waals surface area (Å²) in [5.41, 5.74) is 0.0641. The fourth-order valence-electron chi connectivity index (χ4n) is 2.31. The van der Waals surface area contributed by atoms with Gasteiger partial charge in [-0.25, -0.2) is 4.99 Å². The van der Waals surface area contributed by atoms with Gasteiger partial charge in [0.05, 0.1) is 29.5 Å². The van der Waals surface area contributed by atoms with Crippen LogP contribution in [0.15, 0.2) is 39.9 Å². The Bertz CT molecular complexity index is 778. The SMILES string of the molecule is C=N/C(=N\N(C)CC(=O)Nc1ccc(C(F)(F)F)cc1Cl)C1=CCOCC1. The molecular formula is C17H18ClF3N4O2. The number of anilines is 1. The first kappa shape index (κ1) is 20.9. The number of benzene rings is 1. The molecule has 10 heteroatoms. The number of carbonyl (C=O) groups is 1. The van der Waals surface area contributed by atoms with Gasteiger partial charge in [-0.1, -0.05) is 17.7 Å². The van der Waals surface area contributed by atoms with Crippen LogP contribution < -0.4 is 5.32 Å². The maximum absolute atomic E-state index is 12.6. The molecule has 0 bridgehead atoms. The largest absolute Gasteiger partial charge is 0.416 e. The molecule has 0 spiro atoms. The molecule has 0 fully saturated rings. The molecule has 146 valence electrons. The van der Waals surface area contributed by atoms with Gasteiger partial charge in [-0.3, -0.25) is 9.80 Å². The van der Waals surface area contributed by atoms with Crippen LogP contribution in [-0.4, -0.2) is 50.3 Å². The lowest BCUT2D eigenvalue weighted by atomic mass is 10.1. The highest BCUT2D eigenvalue weighted by atomic mass is 35.5. The highest BCUT2D eigenvalue weighted by Gasteiger charge is 2.31. The zero-order valence-corrected chi connectivity index (χ0v) is 15.3. The molecule has 27 heavy (non-hydrogen) atoms. The van der Waals surface area contributed by atoms with Crippen LogP contribution in [0.5, 0.6) is 0 Å². The summed E-state index contributed by atoms with van der Waals surface area (Å²) >= 11 is 5.83. The van der Waals surface area contributed by atoms with E-state index >= 15 is 0 Å². The third-order valence-corrected chi connectivity index (χ3v) is 3.92. The summed E-state index contributed by atoms with van der Waals surface area (Å²) in [7, 11) is 1.57. The molecule has 0 aliphatic carbocycles. The molecule has 0 saturated heterocycles. The standard InChI is InChI=1S/C17H18ClF3N4O2/c1-22-16(11-5-7-27-8-6-11)24-25(2)10-15(26)23-14-4-3-12(9-13(14)18)17(19,20)21/h3-5,9H,1,6-8,10H2,2H3,(H,23,26)/b24-16-. The van der Waals surface area contributed by atoms with Crippen molar-refractivity contribution in [3.05, 3.63) is 40.4 Å². The number of amidine groups is 1. The number of amides is 1. The molecule has 0 atom stereocenters. The van der Waals surface area contributed by atoms with Crippen molar-refractivity contribution in [1.82, 2.24) is 5.01 Å². The average molecular weight is 403 g/mol. The lowest BCUT2D eigenvalue weighted by molar-refractivity contribution is -0.137. The predicted octanol–water partition coefficient (Wildman–Crippen LogP) is 3.59. The van der Waals surface area contributed by atoms with Crippen LogP contribution in [0.25, 0.3) is 0 Å². The number of nitrogens with zero attached hydrogens (tertiary/aromatic N) is 3. The normalized spacial score (nSPS) is 15.1. The first-order valence-electron chi connectivity index (χ1n) is 7.91. The maximum atomic E-state index is 12.6. The molecule has 1 aromatic carbocycles. The number of hydrogen-bond acceptors (Lipinski definition) is 4. The van der Waals surface area contributed by atoms with E-state index < -0.39 is 17.6 Å². The first-order chi connectivity index (χ1) is 12.7. The van der Waals surface area contributed by atoms with E-state index in [1.165, 1.54) is 5.01 Å². The van der Waals surface area contributed by atoms with E-state index in [4.69, 9.17) is 16.3 Å². The molecule has 1 aliphatic heterocycles. The van der Waals surface area contributed by atoms with E-state index in [-0.39, 0.29) is 17.3 Å². The van der Waals surface area contributed by atoms with Crippen LogP contribution in [0.1, 0.15) is 12.0 Å². The van der Waals surface area contributed by atoms with Crippen molar-refractivity contribution < 1.29 is 22.7 Å². The number of hydrogen-bond donors (Lipinski definition) is 1. The molecule has 0 aromatic heterocycles. The van der Waals surface area contributed by atoms with Gasteiger partial charge >= 0.3 is 6.18 Å². The van der Waals surface area contributed by atoms with Crippen molar-refractivity contribution >= 4 is 35.7 Å². The molecule has 1 amide bonds. The summed E-state index contributed by atoms with van der Waals surface area (Å²) in [5, 5.41) is 7.84. The Morgan fingerprint density at radius 1 is 1.44 bits per heavy atom. The van der Waals surface area contributed by atoms with Crippen molar-refractivity contribution in [1.29, 1.82) is 0 Å². The molecule has 1 aromatic rings. The van der Waals surface area contributed by atoms with E-state index in [2.05, 4.69) is 22.1 Å². The molecule has 0 radical (unpaired) electrons. The molecule has 1 N–H and O–H groups in total. The highest BCUT2D eigenvalue weighted by molar-refractivity contribution is 6.33. The van der Waals surface area contributed by atoms with E-state index in [1.807, 2.05) is 6.08 Å². The predicted molar refractivity (Wildman–Crippen MR) is 98.2 cm³/mol. The van der Waals surface area contributed by atoms with Crippen LogP contribution in [0, 0.1) is 0 Å². The summed E-state index contributed by atoms with van der Waals surface area (Å²) in [4.78, 5) is 16.0. The Balaban J connectivity index is 2.01. The number of halogens is 4. The molecule has 6 nitrogen and oxygen atoms in total. The fraction of sp³-hybridized carbons (Fsp3) is 0.353. The van der Waals surface area contributed by atoms with Crippen LogP contribution in [0.4, 0.5) is 18.9 Å².